The first-order chi connectivity index (χ1) is 14.7. The van der Waals surface area contributed by atoms with Crippen LogP contribution in [-0.2, 0) is 6.42 Å². The average molecular weight is 439 g/mol. The Morgan fingerprint density at radius 1 is 1.03 bits per heavy atom. The summed E-state index contributed by atoms with van der Waals surface area (Å²) in [5.74, 6) is -0.0714. The molecule has 1 fully saturated rings. The highest BCUT2D eigenvalue weighted by Crippen LogP contribution is 2.42. The van der Waals surface area contributed by atoms with Gasteiger partial charge >= 0.3 is 0 Å². The number of likely N-dealkylation sites (tertiary alicyclic amines) is 1. The lowest BCUT2D eigenvalue weighted by Crippen LogP contribution is -2.34. The number of rotatable bonds is 6. The van der Waals surface area contributed by atoms with Crippen LogP contribution in [0.3, 0.4) is 0 Å². The van der Waals surface area contributed by atoms with E-state index >= 15 is 0 Å². The van der Waals surface area contributed by atoms with Crippen molar-refractivity contribution in [2.24, 2.45) is 0 Å². The van der Waals surface area contributed by atoms with E-state index in [4.69, 9.17) is 11.6 Å². The van der Waals surface area contributed by atoms with Crippen molar-refractivity contribution in [2.75, 3.05) is 18.4 Å². The van der Waals surface area contributed by atoms with Crippen LogP contribution in [0.25, 0.3) is 0 Å². The lowest BCUT2D eigenvalue weighted by Gasteiger charge is -2.35. The van der Waals surface area contributed by atoms with Gasteiger partial charge in [0.15, 0.2) is 0 Å². The molecule has 4 rings (SSSR count). The van der Waals surface area contributed by atoms with Crippen molar-refractivity contribution < 1.29 is 4.79 Å². The van der Waals surface area contributed by atoms with Crippen molar-refractivity contribution >= 4 is 33.8 Å². The van der Waals surface area contributed by atoms with E-state index in [-0.39, 0.29) is 11.9 Å². The Balaban J connectivity index is 1.75. The van der Waals surface area contributed by atoms with Crippen LogP contribution in [0.15, 0.2) is 60.7 Å². The van der Waals surface area contributed by atoms with Gasteiger partial charge in [-0.25, -0.2) is 0 Å². The van der Waals surface area contributed by atoms with Crippen LogP contribution < -0.4 is 5.32 Å². The lowest BCUT2D eigenvalue weighted by atomic mass is 9.95. The predicted molar refractivity (Wildman–Crippen MR) is 127 cm³/mol. The third-order valence-corrected chi connectivity index (χ3v) is 7.23. The number of carbonyl (C=O) groups is 1. The molecule has 1 aromatic heterocycles. The third kappa shape index (κ3) is 4.61. The van der Waals surface area contributed by atoms with E-state index in [1.807, 2.05) is 48.5 Å². The summed E-state index contributed by atoms with van der Waals surface area (Å²) in [6.07, 6.45) is 4.59. The first kappa shape index (κ1) is 21.1. The SMILES string of the molecule is CCc1cc([C@@H](c2ccccc2Cl)N2CCCCC2)c(NC(=O)c2ccccc2)s1. The number of nitrogens with one attached hydrogen (secondary N) is 1. The predicted octanol–water partition coefficient (Wildman–Crippen LogP) is 6.79. The first-order valence-electron chi connectivity index (χ1n) is 10.6. The number of amides is 1. The minimum absolute atomic E-state index is 0.0432. The summed E-state index contributed by atoms with van der Waals surface area (Å²) in [6, 6.07) is 19.8. The summed E-state index contributed by atoms with van der Waals surface area (Å²) in [5, 5.41) is 4.90. The van der Waals surface area contributed by atoms with E-state index in [0.717, 1.165) is 40.7 Å². The topological polar surface area (TPSA) is 32.3 Å². The highest BCUT2D eigenvalue weighted by Gasteiger charge is 2.29. The number of thiophene rings is 1. The fourth-order valence-electron chi connectivity index (χ4n) is 4.13. The van der Waals surface area contributed by atoms with Gasteiger partial charge in [-0.05, 0) is 62.2 Å². The Labute approximate surface area is 187 Å². The average Bonchev–Trinajstić information content (AvgIpc) is 3.19. The Bertz CT molecular complexity index is 995. The largest absolute Gasteiger partial charge is 0.313 e. The molecule has 1 atom stereocenters. The van der Waals surface area contributed by atoms with Gasteiger partial charge in [0.2, 0.25) is 0 Å². The number of carbonyl (C=O) groups excluding carboxylic acids is 1. The van der Waals surface area contributed by atoms with Gasteiger partial charge in [-0.3, -0.25) is 9.69 Å². The Morgan fingerprint density at radius 2 is 1.73 bits per heavy atom. The molecule has 0 bridgehead atoms. The van der Waals surface area contributed by atoms with Crippen molar-refractivity contribution in [3.8, 4) is 0 Å². The maximum Gasteiger partial charge on any atom is 0.256 e. The molecule has 0 saturated carbocycles. The van der Waals surface area contributed by atoms with Gasteiger partial charge in [0, 0.05) is 21.0 Å². The number of aryl methyl sites for hydroxylation is 1. The van der Waals surface area contributed by atoms with E-state index in [1.165, 1.54) is 24.1 Å². The zero-order valence-corrected chi connectivity index (χ0v) is 18.8. The second kappa shape index (κ2) is 9.78. The molecule has 2 heterocycles. The molecule has 1 aliphatic rings. The third-order valence-electron chi connectivity index (χ3n) is 5.67. The molecule has 3 aromatic rings. The summed E-state index contributed by atoms with van der Waals surface area (Å²) in [7, 11) is 0. The number of anilines is 1. The fourth-order valence-corrected chi connectivity index (χ4v) is 5.40. The monoisotopic (exact) mass is 438 g/mol. The number of nitrogens with zero attached hydrogens (tertiary/aromatic N) is 1. The van der Waals surface area contributed by atoms with Gasteiger partial charge in [-0.1, -0.05) is 61.3 Å². The second-order valence-electron chi connectivity index (χ2n) is 7.69. The Kier molecular flexibility index (Phi) is 6.88. The quantitative estimate of drug-likeness (QED) is 0.459. The van der Waals surface area contributed by atoms with Crippen LogP contribution in [0.5, 0.6) is 0 Å². The normalized spacial score (nSPS) is 15.7. The maximum atomic E-state index is 12.9. The fraction of sp³-hybridized carbons (Fsp3) is 0.320. The highest BCUT2D eigenvalue weighted by atomic mass is 35.5. The summed E-state index contributed by atoms with van der Waals surface area (Å²) < 4.78 is 0. The molecule has 30 heavy (non-hydrogen) atoms. The first-order valence-corrected chi connectivity index (χ1v) is 11.8. The number of piperidine rings is 1. The number of hydrogen-bond donors (Lipinski definition) is 1. The van der Waals surface area contributed by atoms with Crippen LogP contribution in [0.4, 0.5) is 5.00 Å². The van der Waals surface area contributed by atoms with E-state index in [9.17, 15) is 4.79 Å². The Hall–Kier alpha value is -2.14. The minimum Gasteiger partial charge on any atom is -0.313 e. The smallest absolute Gasteiger partial charge is 0.256 e. The van der Waals surface area contributed by atoms with Crippen LogP contribution in [0, 0.1) is 0 Å². The molecule has 0 spiro atoms. The zero-order chi connectivity index (χ0) is 20.9. The van der Waals surface area contributed by atoms with Crippen molar-refractivity contribution in [1.82, 2.24) is 4.90 Å². The van der Waals surface area contributed by atoms with Crippen molar-refractivity contribution in [3.63, 3.8) is 0 Å². The number of hydrogen-bond acceptors (Lipinski definition) is 3. The molecule has 1 saturated heterocycles. The summed E-state index contributed by atoms with van der Waals surface area (Å²) in [6.45, 7) is 4.24. The standard InChI is InChI=1S/C25H27ClN2OS/c1-2-19-17-21(25(30-19)27-24(29)18-11-5-3-6-12-18)23(28-15-9-4-10-16-28)20-13-7-8-14-22(20)26/h3,5-8,11-14,17,23H,2,4,9-10,15-16H2,1H3,(H,27,29)/t23-/m1/s1. The molecule has 0 radical (unpaired) electrons. The highest BCUT2D eigenvalue weighted by molar-refractivity contribution is 7.16. The van der Waals surface area contributed by atoms with Gasteiger partial charge in [-0.2, -0.15) is 0 Å². The Morgan fingerprint density at radius 3 is 2.43 bits per heavy atom. The molecule has 0 unspecified atom stereocenters. The minimum atomic E-state index is -0.0714. The van der Waals surface area contributed by atoms with E-state index in [1.54, 1.807) is 11.3 Å². The number of halogens is 1. The van der Waals surface area contributed by atoms with Gasteiger partial charge in [0.1, 0.15) is 5.00 Å². The summed E-state index contributed by atoms with van der Waals surface area (Å²) in [5.41, 5.74) is 2.93. The van der Waals surface area contributed by atoms with Crippen LogP contribution in [0.2, 0.25) is 5.02 Å². The van der Waals surface area contributed by atoms with E-state index < -0.39 is 0 Å². The van der Waals surface area contributed by atoms with E-state index in [2.05, 4.69) is 29.3 Å². The van der Waals surface area contributed by atoms with Gasteiger partial charge in [0.25, 0.3) is 5.91 Å². The second-order valence-corrected chi connectivity index (χ2v) is 9.24. The van der Waals surface area contributed by atoms with Gasteiger partial charge < -0.3 is 5.32 Å². The molecule has 1 aliphatic heterocycles. The lowest BCUT2D eigenvalue weighted by molar-refractivity contribution is 0.102. The molecule has 1 N–H and O–H groups in total. The molecular weight excluding hydrogens is 412 g/mol. The van der Waals surface area contributed by atoms with Gasteiger partial charge in [-0.15, -0.1) is 11.3 Å². The molecule has 156 valence electrons. The molecule has 2 aromatic carbocycles. The van der Waals surface area contributed by atoms with Crippen molar-refractivity contribution in [1.29, 1.82) is 0 Å². The zero-order valence-electron chi connectivity index (χ0n) is 17.2. The summed E-state index contributed by atoms with van der Waals surface area (Å²) in [4.78, 5) is 16.7. The van der Waals surface area contributed by atoms with Crippen LogP contribution in [0.1, 0.15) is 58.6 Å². The van der Waals surface area contributed by atoms with Crippen molar-refractivity contribution in [3.05, 3.63) is 87.3 Å². The maximum absolute atomic E-state index is 12.9. The molecular formula is C25H27ClN2OS. The van der Waals surface area contributed by atoms with E-state index in [0.29, 0.717) is 5.56 Å². The van der Waals surface area contributed by atoms with Crippen LogP contribution >= 0.6 is 22.9 Å². The molecule has 1 amide bonds. The van der Waals surface area contributed by atoms with Gasteiger partial charge in [0.05, 0.1) is 6.04 Å². The summed E-state index contributed by atoms with van der Waals surface area (Å²) >= 11 is 8.35. The number of benzene rings is 2. The molecule has 3 nitrogen and oxygen atoms in total. The van der Waals surface area contributed by atoms with Crippen LogP contribution in [-0.4, -0.2) is 23.9 Å². The molecule has 0 aliphatic carbocycles. The van der Waals surface area contributed by atoms with Crippen molar-refractivity contribution in [2.45, 2.75) is 38.6 Å². The molecule has 5 heteroatoms.